The van der Waals surface area contributed by atoms with E-state index in [-0.39, 0.29) is 6.04 Å². The van der Waals surface area contributed by atoms with Gasteiger partial charge in [0, 0.05) is 23.6 Å². The molecule has 0 aliphatic carbocycles. The minimum atomic E-state index is -3.42. The number of aryl methyl sites for hydroxylation is 1. The maximum Gasteiger partial charge on any atom is 0.243 e. The molecule has 2 rings (SSSR count). The van der Waals surface area contributed by atoms with Gasteiger partial charge in [-0.2, -0.15) is 4.31 Å². The van der Waals surface area contributed by atoms with E-state index in [4.69, 9.17) is 5.73 Å². The number of hydrogen-bond donors (Lipinski definition) is 1. The van der Waals surface area contributed by atoms with Gasteiger partial charge in [-0.15, -0.1) is 0 Å². The lowest BCUT2D eigenvalue weighted by atomic mass is 10.2. The summed E-state index contributed by atoms with van der Waals surface area (Å²) in [6, 6.07) is 5.18. The molecule has 6 heteroatoms. The number of sulfonamides is 1. The second-order valence-corrected chi connectivity index (χ2v) is 7.42. The number of halogens is 1. The van der Waals surface area contributed by atoms with Crippen molar-refractivity contribution in [2.24, 2.45) is 5.73 Å². The second-order valence-electron chi connectivity index (χ2n) is 4.61. The monoisotopic (exact) mass is 332 g/mol. The highest BCUT2D eigenvalue weighted by Gasteiger charge is 2.34. The predicted octanol–water partition coefficient (Wildman–Crippen LogP) is 1.87. The zero-order valence-electron chi connectivity index (χ0n) is 10.3. The molecule has 0 radical (unpaired) electrons. The summed E-state index contributed by atoms with van der Waals surface area (Å²) in [5.41, 5.74) is 6.57. The molecule has 0 saturated carbocycles. The van der Waals surface area contributed by atoms with Crippen LogP contribution in [-0.2, 0) is 10.0 Å². The van der Waals surface area contributed by atoms with Crippen molar-refractivity contribution in [3.63, 3.8) is 0 Å². The molecule has 1 aliphatic rings. The summed E-state index contributed by atoms with van der Waals surface area (Å²) in [7, 11) is -3.42. The summed E-state index contributed by atoms with van der Waals surface area (Å²) < 4.78 is 27.4. The predicted molar refractivity (Wildman–Crippen MR) is 74.8 cm³/mol. The van der Waals surface area contributed by atoms with Crippen LogP contribution >= 0.6 is 15.9 Å². The topological polar surface area (TPSA) is 63.4 Å². The van der Waals surface area contributed by atoms with E-state index in [2.05, 4.69) is 15.9 Å². The first-order valence-corrected chi connectivity index (χ1v) is 8.17. The van der Waals surface area contributed by atoms with Gasteiger partial charge in [-0.3, -0.25) is 0 Å². The van der Waals surface area contributed by atoms with Crippen LogP contribution < -0.4 is 5.73 Å². The van der Waals surface area contributed by atoms with Crippen molar-refractivity contribution in [3.05, 3.63) is 28.2 Å². The van der Waals surface area contributed by atoms with E-state index < -0.39 is 10.0 Å². The van der Waals surface area contributed by atoms with E-state index in [9.17, 15) is 8.42 Å². The lowest BCUT2D eigenvalue weighted by Crippen LogP contribution is -2.39. The van der Waals surface area contributed by atoms with Gasteiger partial charge in [-0.1, -0.05) is 15.9 Å². The Kier molecular flexibility index (Phi) is 4.11. The normalized spacial score (nSPS) is 21.4. The molecule has 1 unspecified atom stereocenters. The van der Waals surface area contributed by atoms with Gasteiger partial charge in [0.25, 0.3) is 0 Å². The average Bonchev–Trinajstić information content (AvgIpc) is 2.76. The quantitative estimate of drug-likeness (QED) is 0.918. The Morgan fingerprint density at radius 2 is 2.17 bits per heavy atom. The second kappa shape index (κ2) is 5.28. The minimum Gasteiger partial charge on any atom is -0.329 e. The number of nitrogens with zero attached hydrogens (tertiary/aromatic N) is 1. The first-order valence-electron chi connectivity index (χ1n) is 5.94. The van der Waals surface area contributed by atoms with Crippen LogP contribution in [0.2, 0.25) is 0 Å². The third-order valence-corrected chi connectivity index (χ3v) is 5.60. The highest BCUT2D eigenvalue weighted by molar-refractivity contribution is 9.10. The molecule has 1 heterocycles. The molecule has 0 aromatic heterocycles. The Hall–Kier alpha value is -0.430. The Morgan fingerprint density at radius 1 is 1.44 bits per heavy atom. The Morgan fingerprint density at radius 3 is 2.78 bits per heavy atom. The van der Waals surface area contributed by atoms with Gasteiger partial charge in [0.2, 0.25) is 10.0 Å². The van der Waals surface area contributed by atoms with Gasteiger partial charge in [-0.05, 0) is 43.5 Å². The summed E-state index contributed by atoms with van der Waals surface area (Å²) in [6.45, 7) is 2.83. The Bertz CT molecular complexity index is 525. The number of rotatable bonds is 3. The standard InChI is InChI=1S/C12H17BrN2O2S/c1-9-5-10(13)7-12(6-9)18(16,17)15-4-2-3-11(15)8-14/h5-7,11H,2-4,8,14H2,1H3. The molecular formula is C12H17BrN2O2S. The summed E-state index contributed by atoms with van der Waals surface area (Å²) in [5.74, 6) is 0. The third-order valence-electron chi connectivity index (χ3n) is 3.22. The Labute approximate surface area is 116 Å². The van der Waals surface area contributed by atoms with E-state index in [1.165, 1.54) is 4.31 Å². The first kappa shape index (κ1) is 14.0. The summed E-state index contributed by atoms with van der Waals surface area (Å²) >= 11 is 3.34. The molecule has 18 heavy (non-hydrogen) atoms. The highest BCUT2D eigenvalue weighted by atomic mass is 79.9. The van der Waals surface area contributed by atoms with Crippen molar-refractivity contribution in [2.75, 3.05) is 13.1 Å². The molecule has 1 aromatic carbocycles. The van der Waals surface area contributed by atoms with E-state index >= 15 is 0 Å². The van der Waals surface area contributed by atoms with Crippen molar-refractivity contribution >= 4 is 26.0 Å². The zero-order valence-corrected chi connectivity index (χ0v) is 12.7. The van der Waals surface area contributed by atoms with Crippen LogP contribution in [0.3, 0.4) is 0 Å². The largest absolute Gasteiger partial charge is 0.329 e. The van der Waals surface area contributed by atoms with Crippen LogP contribution in [-0.4, -0.2) is 31.9 Å². The zero-order chi connectivity index (χ0) is 13.3. The van der Waals surface area contributed by atoms with Crippen LogP contribution in [0.25, 0.3) is 0 Å². The molecule has 1 atom stereocenters. The van der Waals surface area contributed by atoms with Gasteiger partial charge in [0.15, 0.2) is 0 Å². The molecule has 1 aliphatic heterocycles. The van der Waals surface area contributed by atoms with Crippen molar-refractivity contribution < 1.29 is 8.42 Å². The van der Waals surface area contributed by atoms with E-state index in [0.717, 1.165) is 22.9 Å². The van der Waals surface area contributed by atoms with Crippen LogP contribution in [0.4, 0.5) is 0 Å². The summed E-state index contributed by atoms with van der Waals surface area (Å²) in [6.07, 6.45) is 1.73. The van der Waals surface area contributed by atoms with Crippen LogP contribution in [0.1, 0.15) is 18.4 Å². The molecule has 1 fully saturated rings. The maximum atomic E-state index is 12.6. The van der Waals surface area contributed by atoms with Crippen LogP contribution in [0.15, 0.2) is 27.6 Å². The smallest absolute Gasteiger partial charge is 0.243 e. The fraction of sp³-hybridized carbons (Fsp3) is 0.500. The maximum absolute atomic E-state index is 12.6. The molecular weight excluding hydrogens is 316 g/mol. The van der Waals surface area contributed by atoms with E-state index in [1.807, 2.05) is 13.0 Å². The molecule has 1 saturated heterocycles. The Balaban J connectivity index is 2.41. The number of benzene rings is 1. The minimum absolute atomic E-state index is 0.0608. The summed E-state index contributed by atoms with van der Waals surface area (Å²) in [4.78, 5) is 0.342. The molecule has 4 nitrogen and oxygen atoms in total. The first-order chi connectivity index (χ1) is 8.45. The highest BCUT2D eigenvalue weighted by Crippen LogP contribution is 2.27. The van der Waals surface area contributed by atoms with Crippen molar-refractivity contribution in [1.82, 2.24) is 4.31 Å². The lowest BCUT2D eigenvalue weighted by molar-refractivity contribution is 0.393. The van der Waals surface area contributed by atoms with E-state index in [0.29, 0.717) is 18.0 Å². The third kappa shape index (κ3) is 2.61. The fourth-order valence-corrected chi connectivity index (χ4v) is 4.94. The van der Waals surface area contributed by atoms with E-state index in [1.54, 1.807) is 12.1 Å². The molecule has 0 spiro atoms. The molecule has 100 valence electrons. The fourth-order valence-electron chi connectivity index (χ4n) is 2.35. The van der Waals surface area contributed by atoms with Gasteiger partial charge in [0.1, 0.15) is 0 Å². The SMILES string of the molecule is Cc1cc(Br)cc(S(=O)(=O)N2CCCC2CN)c1. The van der Waals surface area contributed by atoms with Crippen molar-refractivity contribution in [1.29, 1.82) is 0 Å². The molecule has 0 amide bonds. The van der Waals surface area contributed by atoms with Gasteiger partial charge < -0.3 is 5.73 Å². The number of nitrogens with two attached hydrogens (primary N) is 1. The molecule has 0 bridgehead atoms. The van der Waals surface area contributed by atoms with Gasteiger partial charge >= 0.3 is 0 Å². The lowest BCUT2D eigenvalue weighted by Gasteiger charge is -2.23. The molecule has 1 aromatic rings. The van der Waals surface area contributed by atoms with Crippen LogP contribution in [0, 0.1) is 6.92 Å². The average molecular weight is 333 g/mol. The van der Waals surface area contributed by atoms with Crippen molar-refractivity contribution in [3.8, 4) is 0 Å². The summed E-state index contributed by atoms with van der Waals surface area (Å²) in [5, 5.41) is 0. The van der Waals surface area contributed by atoms with Gasteiger partial charge in [-0.25, -0.2) is 8.42 Å². The van der Waals surface area contributed by atoms with Crippen molar-refractivity contribution in [2.45, 2.75) is 30.7 Å². The number of hydrogen-bond acceptors (Lipinski definition) is 3. The molecule has 2 N–H and O–H groups in total. The van der Waals surface area contributed by atoms with Crippen LogP contribution in [0.5, 0.6) is 0 Å². The van der Waals surface area contributed by atoms with Gasteiger partial charge in [0.05, 0.1) is 4.90 Å².